The third-order valence-corrected chi connectivity index (χ3v) is 3.27. The molecule has 0 aliphatic heterocycles. The van der Waals surface area contributed by atoms with Crippen molar-refractivity contribution < 1.29 is 14.3 Å². The summed E-state index contributed by atoms with van der Waals surface area (Å²) in [5.41, 5.74) is 2.16. The van der Waals surface area contributed by atoms with Crippen LogP contribution in [0.2, 0.25) is 0 Å². The van der Waals surface area contributed by atoms with Crippen molar-refractivity contribution in [2.24, 2.45) is 0 Å². The number of carbonyl (C=O) groups is 1. The van der Waals surface area contributed by atoms with E-state index in [2.05, 4.69) is 17.6 Å². The molecule has 2 N–H and O–H groups in total. The molecule has 21 heavy (non-hydrogen) atoms. The highest BCUT2D eigenvalue weighted by atomic mass is 16.5. The number of rotatable bonds is 9. The van der Waals surface area contributed by atoms with Gasteiger partial charge in [0, 0.05) is 31.9 Å². The van der Waals surface area contributed by atoms with Crippen LogP contribution in [-0.2, 0) is 9.53 Å². The molecule has 1 unspecified atom stereocenters. The second kappa shape index (κ2) is 9.37. The summed E-state index contributed by atoms with van der Waals surface area (Å²) in [7, 11) is 3.55. The number of carbonyl (C=O) groups excluding carboxylic acids is 1. The van der Waals surface area contributed by atoms with Crippen LogP contribution in [0.3, 0.4) is 0 Å². The molecule has 5 nitrogen and oxygen atoms in total. The lowest BCUT2D eigenvalue weighted by molar-refractivity contribution is -0.123. The number of nitrogens with one attached hydrogen (secondary N) is 2. The summed E-state index contributed by atoms with van der Waals surface area (Å²) in [6.45, 7) is 5.33. The van der Waals surface area contributed by atoms with Crippen molar-refractivity contribution in [3.63, 3.8) is 0 Å². The molecule has 0 saturated heterocycles. The summed E-state index contributed by atoms with van der Waals surface area (Å²) in [5, 5.41) is 5.99. The highest BCUT2D eigenvalue weighted by Crippen LogP contribution is 2.26. The lowest BCUT2D eigenvalue weighted by atomic mass is 10.1. The molecule has 1 rings (SSSR count). The van der Waals surface area contributed by atoms with Gasteiger partial charge in [-0.2, -0.15) is 0 Å². The Labute approximate surface area is 127 Å². The maximum absolute atomic E-state index is 11.7. The van der Waals surface area contributed by atoms with Gasteiger partial charge in [0.25, 0.3) is 5.91 Å². The Morgan fingerprint density at radius 2 is 2.14 bits per heavy atom. The second-order valence-corrected chi connectivity index (χ2v) is 5.04. The van der Waals surface area contributed by atoms with E-state index in [-0.39, 0.29) is 18.6 Å². The first-order valence-corrected chi connectivity index (χ1v) is 7.24. The van der Waals surface area contributed by atoms with Crippen LogP contribution in [0.15, 0.2) is 18.2 Å². The smallest absolute Gasteiger partial charge is 0.257 e. The van der Waals surface area contributed by atoms with Crippen LogP contribution in [0.25, 0.3) is 0 Å². The van der Waals surface area contributed by atoms with E-state index >= 15 is 0 Å². The number of benzene rings is 1. The third kappa shape index (κ3) is 6.14. The lowest BCUT2D eigenvalue weighted by Gasteiger charge is -2.17. The standard InChI is InChI=1S/C16H26N2O3/c1-12-6-7-14(13(2)17-3)15(10-12)21-11-16(19)18-8-5-9-20-4/h6-7,10,13,17H,5,8-9,11H2,1-4H3,(H,18,19). The molecule has 1 atom stereocenters. The van der Waals surface area contributed by atoms with Crippen molar-refractivity contribution in [2.75, 3.05) is 33.9 Å². The van der Waals surface area contributed by atoms with Gasteiger partial charge in [-0.3, -0.25) is 4.79 Å². The van der Waals surface area contributed by atoms with E-state index in [1.54, 1.807) is 7.11 Å². The molecule has 1 aromatic rings. The van der Waals surface area contributed by atoms with Crippen molar-refractivity contribution in [1.82, 2.24) is 10.6 Å². The SMILES string of the molecule is CNC(C)c1ccc(C)cc1OCC(=O)NCCCOC. The quantitative estimate of drug-likeness (QED) is 0.682. The molecule has 5 heteroatoms. The van der Waals surface area contributed by atoms with Crippen molar-refractivity contribution in [2.45, 2.75) is 26.3 Å². The summed E-state index contributed by atoms with van der Waals surface area (Å²) in [6.07, 6.45) is 0.800. The van der Waals surface area contributed by atoms with Gasteiger partial charge >= 0.3 is 0 Å². The van der Waals surface area contributed by atoms with Gasteiger partial charge in [-0.15, -0.1) is 0 Å². The second-order valence-electron chi connectivity index (χ2n) is 5.04. The first-order valence-electron chi connectivity index (χ1n) is 7.24. The fraction of sp³-hybridized carbons (Fsp3) is 0.562. The van der Waals surface area contributed by atoms with Gasteiger partial charge in [0.15, 0.2) is 6.61 Å². The van der Waals surface area contributed by atoms with Gasteiger partial charge < -0.3 is 20.1 Å². The molecule has 1 amide bonds. The van der Waals surface area contributed by atoms with Crippen molar-refractivity contribution in [3.05, 3.63) is 29.3 Å². The Hall–Kier alpha value is -1.59. The molecule has 0 spiro atoms. The predicted octanol–water partition coefficient (Wildman–Crippen LogP) is 1.81. The molecular weight excluding hydrogens is 268 g/mol. The van der Waals surface area contributed by atoms with Crippen molar-refractivity contribution >= 4 is 5.91 Å². The first-order chi connectivity index (χ1) is 10.1. The molecule has 0 saturated carbocycles. The van der Waals surface area contributed by atoms with E-state index in [0.29, 0.717) is 13.2 Å². The zero-order valence-corrected chi connectivity index (χ0v) is 13.4. The normalized spacial score (nSPS) is 12.0. The Kier molecular flexibility index (Phi) is 7.79. The van der Waals surface area contributed by atoms with Gasteiger partial charge in [-0.25, -0.2) is 0 Å². The average molecular weight is 294 g/mol. The lowest BCUT2D eigenvalue weighted by Crippen LogP contribution is -2.30. The number of ether oxygens (including phenoxy) is 2. The number of methoxy groups -OCH3 is 1. The molecule has 1 aromatic carbocycles. The summed E-state index contributed by atoms with van der Waals surface area (Å²) >= 11 is 0. The average Bonchev–Trinajstić information content (AvgIpc) is 2.49. The van der Waals surface area contributed by atoms with Gasteiger partial charge in [0.2, 0.25) is 0 Å². The zero-order valence-electron chi connectivity index (χ0n) is 13.4. The maximum Gasteiger partial charge on any atom is 0.257 e. The monoisotopic (exact) mass is 294 g/mol. The molecular formula is C16H26N2O3. The molecule has 0 heterocycles. The first kappa shape index (κ1) is 17.5. The molecule has 118 valence electrons. The summed E-state index contributed by atoms with van der Waals surface area (Å²) in [6, 6.07) is 6.20. The topological polar surface area (TPSA) is 59.6 Å². The van der Waals surface area contributed by atoms with E-state index < -0.39 is 0 Å². The van der Waals surface area contributed by atoms with Crippen LogP contribution in [-0.4, -0.2) is 39.8 Å². The minimum atomic E-state index is -0.115. The Morgan fingerprint density at radius 3 is 2.81 bits per heavy atom. The molecule has 0 aliphatic carbocycles. The van der Waals surface area contributed by atoms with Crippen LogP contribution in [0.4, 0.5) is 0 Å². The van der Waals surface area contributed by atoms with Crippen LogP contribution < -0.4 is 15.4 Å². The van der Waals surface area contributed by atoms with Gasteiger partial charge in [-0.05, 0) is 38.9 Å². The number of amides is 1. The number of hydrogen-bond acceptors (Lipinski definition) is 4. The summed E-state index contributed by atoms with van der Waals surface area (Å²) < 4.78 is 10.6. The minimum Gasteiger partial charge on any atom is -0.483 e. The molecule has 0 aliphatic rings. The van der Waals surface area contributed by atoms with E-state index in [9.17, 15) is 4.79 Å². The number of aryl methyl sites for hydroxylation is 1. The molecule has 0 radical (unpaired) electrons. The van der Waals surface area contributed by atoms with Gasteiger partial charge in [0.1, 0.15) is 5.75 Å². The highest BCUT2D eigenvalue weighted by molar-refractivity contribution is 5.77. The van der Waals surface area contributed by atoms with E-state index in [1.807, 2.05) is 32.2 Å². The van der Waals surface area contributed by atoms with Crippen LogP contribution in [0.5, 0.6) is 5.75 Å². The third-order valence-electron chi connectivity index (χ3n) is 3.27. The van der Waals surface area contributed by atoms with Crippen LogP contribution >= 0.6 is 0 Å². The van der Waals surface area contributed by atoms with Crippen LogP contribution in [0, 0.1) is 6.92 Å². The minimum absolute atomic E-state index is 0.0276. The van der Waals surface area contributed by atoms with Crippen LogP contribution in [0.1, 0.15) is 30.5 Å². The fourth-order valence-corrected chi connectivity index (χ4v) is 1.92. The summed E-state index contributed by atoms with van der Waals surface area (Å²) in [5.74, 6) is 0.638. The predicted molar refractivity (Wildman–Crippen MR) is 83.7 cm³/mol. The zero-order chi connectivity index (χ0) is 15.7. The molecule has 0 bridgehead atoms. The fourth-order valence-electron chi connectivity index (χ4n) is 1.92. The Bertz CT molecular complexity index is 449. The number of hydrogen-bond donors (Lipinski definition) is 2. The molecule has 0 fully saturated rings. The van der Waals surface area contributed by atoms with Crippen molar-refractivity contribution in [3.8, 4) is 5.75 Å². The Balaban J connectivity index is 2.54. The Morgan fingerprint density at radius 1 is 1.38 bits per heavy atom. The van der Waals surface area contributed by atoms with E-state index in [4.69, 9.17) is 9.47 Å². The van der Waals surface area contributed by atoms with Gasteiger partial charge in [-0.1, -0.05) is 12.1 Å². The van der Waals surface area contributed by atoms with E-state index in [0.717, 1.165) is 23.3 Å². The van der Waals surface area contributed by atoms with E-state index in [1.165, 1.54) is 0 Å². The largest absolute Gasteiger partial charge is 0.483 e. The van der Waals surface area contributed by atoms with Gasteiger partial charge in [0.05, 0.1) is 0 Å². The maximum atomic E-state index is 11.7. The molecule has 0 aromatic heterocycles. The highest BCUT2D eigenvalue weighted by Gasteiger charge is 2.11. The summed E-state index contributed by atoms with van der Waals surface area (Å²) in [4.78, 5) is 11.7. The van der Waals surface area contributed by atoms with Crippen molar-refractivity contribution in [1.29, 1.82) is 0 Å².